The van der Waals surface area contributed by atoms with Crippen molar-refractivity contribution in [1.82, 2.24) is 14.8 Å². The quantitative estimate of drug-likeness (QED) is 0.836. The van der Waals surface area contributed by atoms with Crippen LogP contribution in [0.4, 0.5) is 0 Å². The monoisotopic (exact) mass is 265 g/mol. The van der Waals surface area contributed by atoms with E-state index in [-0.39, 0.29) is 0 Å². The van der Waals surface area contributed by atoms with Crippen LogP contribution in [0.2, 0.25) is 0 Å². The molecule has 2 aromatic rings. The standard InChI is InChI=1S/C11H12BrN3/c1-3-15-8(2)10(12)11(14-15)9-4-6-13-7-5-9/h4-7H,3H2,1-2H3. The summed E-state index contributed by atoms with van der Waals surface area (Å²) in [6.07, 6.45) is 3.56. The van der Waals surface area contributed by atoms with E-state index in [0.717, 1.165) is 28.0 Å². The molecule has 3 nitrogen and oxygen atoms in total. The molecule has 15 heavy (non-hydrogen) atoms. The Bertz CT molecular complexity index is 462. The van der Waals surface area contributed by atoms with Crippen molar-refractivity contribution in [3.05, 3.63) is 34.7 Å². The summed E-state index contributed by atoms with van der Waals surface area (Å²) in [5, 5.41) is 4.54. The van der Waals surface area contributed by atoms with Crippen LogP contribution in [0.5, 0.6) is 0 Å². The van der Waals surface area contributed by atoms with Crippen molar-refractivity contribution in [1.29, 1.82) is 0 Å². The summed E-state index contributed by atoms with van der Waals surface area (Å²) in [6.45, 7) is 5.03. The molecule has 0 N–H and O–H groups in total. The van der Waals surface area contributed by atoms with E-state index < -0.39 is 0 Å². The molecular weight excluding hydrogens is 254 g/mol. The van der Waals surface area contributed by atoms with Crippen molar-refractivity contribution in [3.63, 3.8) is 0 Å². The van der Waals surface area contributed by atoms with E-state index in [9.17, 15) is 0 Å². The fraction of sp³-hybridized carbons (Fsp3) is 0.273. The average molecular weight is 266 g/mol. The molecule has 0 aliphatic carbocycles. The van der Waals surface area contributed by atoms with E-state index in [2.05, 4.69) is 39.9 Å². The number of rotatable bonds is 2. The Morgan fingerprint density at radius 1 is 1.33 bits per heavy atom. The average Bonchev–Trinajstić information content (AvgIpc) is 2.57. The SMILES string of the molecule is CCn1nc(-c2ccncc2)c(Br)c1C. The molecule has 78 valence electrons. The Morgan fingerprint density at radius 2 is 2.00 bits per heavy atom. The van der Waals surface area contributed by atoms with E-state index in [1.165, 1.54) is 0 Å². The molecule has 2 aromatic heterocycles. The maximum Gasteiger partial charge on any atom is 0.107 e. The van der Waals surface area contributed by atoms with E-state index in [4.69, 9.17) is 0 Å². The van der Waals surface area contributed by atoms with E-state index in [0.29, 0.717) is 0 Å². The first kappa shape index (κ1) is 10.4. The van der Waals surface area contributed by atoms with Gasteiger partial charge in [-0.25, -0.2) is 0 Å². The molecule has 0 radical (unpaired) electrons. The Labute approximate surface area is 97.3 Å². The molecule has 2 heterocycles. The molecule has 0 saturated heterocycles. The second kappa shape index (κ2) is 4.14. The van der Waals surface area contributed by atoms with Crippen LogP contribution in [0.1, 0.15) is 12.6 Å². The number of nitrogens with zero attached hydrogens (tertiary/aromatic N) is 3. The van der Waals surface area contributed by atoms with Gasteiger partial charge < -0.3 is 0 Å². The zero-order chi connectivity index (χ0) is 10.8. The fourth-order valence-corrected chi connectivity index (χ4v) is 2.04. The number of aromatic nitrogens is 3. The third kappa shape index (κ3) is 1.81. The van der Waals surface area contributed by atoms with Gasteiger partial charge in [0.25, 0.3) is 0 Å². The summed E-state index contributed by atoms with van der Waals surface area (Å²) < 4.78 is 3.05. The lowest BCUT2D eigenvalue weighted by Crippen LogP contribution is -1.98. The Morgan fingerprint density at radius 3 is 2.53 bits per heavy atom. The molecule has 0 fully saturated rings. The van der Waals surface area contributed by atoms with Crippen LogP contribution >= 0.6 is 15.9 Å². The summed E-state index contributed by atoms with van der Waals surface area (Å²) in [5.74, 6) is 0. The summed E-state index contributed by atoms with van der Waals surface area (Å²) in [6, 6.07) is 3.93. The van der Waals surface area contributed by atoms with Gasteiger partial charge in [0.1, 0.15) is 5.69 Å². The maximum atomic E-state index is 4.54. The molecule has 0 atom stereocenters. The zero-order valence-electron chi connectivity index (χ0n) is 8.74. The minimum Gasteiger partial charge on any atom is -0.268 e. The first-order valence-electron chi connectivity index (χ1n) is 4.87. The summed E-state index contributed by atoms with van der Waals surface area (Å²) in [4.78, 5) is 4.00. The van der Waals surface area contributed by atoms with Gasteiger partial charge in [0, 0.05) is 24.5 Å². The van der Waals surface area contributed by atoms with Crippen LogP contribution in [0.15, 0.2) is 29.0 Å². The number of hydrogen-bond donors (Lipinski definition) is 0. The molecule has 0 aromatic carbocycles. The van der Waals surface area contributed by atoms with Crippen LogP contribution in [0, 0.1) is 6.92 Å². The molecule has 0 spiro atoms. The van der Waals surface area contributed by atoms with Crippen molar-refractivity contribution in [2.45, 2.75) is 20.4 Å². The molecule has 0 saturated carbocycles. The lowest BCUT2D eigenvalue weighted by molar-refractivity contribution is 0.641. The minimum atomic E-state index is 0.884. The number of pyridine rings is 1. The van der Waals surface area contributed by atoms with Crippen LogP contribution < -0.4 is 0 Å². The molecule has 2 rings (SSSR count). The first-order chi connectivity index (χ1) is 7.24. The Hall–Kier alpha value is -1.16. The van der Waals surface area contributed by atoms with E-state index >= 15 is 0 Å². The van der Waals surface area contributed by atoms with Crippen LogP contribution in [0.3, 0.4) is 0 Å². The van der Waals surface area contributed by atoms with E-state index in [1.54, 1.807) is 12.4 Å². The van der Waals surface area contributed by atoms with Gasteiger partial charge in [-0.05, 0) is 41.9 Å². The maximum absolute atomic E-state index is 4.54. The second-order valence-corrected chi connectivity index (χ2v) is 4.09. The third-order valence-electron chi connectivity index (χ3n) is 2.39. The largest absolute Gasteiger partial charge is 0.268 e. The Balaban J connectivity index is 2.55. The fourth-order valence-electron chi connectivity index (χ4n) is 1.53. The van der Waals surface area contributed by atoms with Gasteiger partial charge in [-0.3, -0.25) is 9.67 Å². The van der Waals surface area contributed by atoms with Crippen LogP contribution in [-0.2, 0) is 6.54 Å². The van der Waals surface area contributed by atoms with Gasteiger partial charge in [-0.2, -0.15) is 5.10 Å². The highest BCUT2D eigenvalue weighted by atomic mass is 79.9. The lowest BCUT2D eigenvalue weighted by Gasteiger charge is -1.96. The summed E-state index contributed by atoms with van der Waals surface area (Å²) in [7, 11) is 0. The smallest absolute Gasteiger partial charge is 0.107 e. The number of aryl methyl sites for hydroxylation is 1. The summed E-state index contributed by atoms with van der Waals surface area (Å²) >= 11 is 3.57. The second-order valence-electron chi connectivity index (χ2n) is 3.30. The van der Waals surface area contributed by atoms with Crippen LogP contribution in [-0.4, -0.2) is 14.8 Å². The molecule has 0 bridgehead atoms. The molecule has 0 amide bonds. The van der Waals surface area contributed by atoms with Gasteiger partial charge in [0.2, 0.25) is 0 Å². The van der Waals surface area contributed by atoms with Crippen molar-refractivity contribution in [2.75, 3.05) is 0 Å². The first-order valence-corrected chi connectivity index (χ1v) is 5.66. The number of hydrogen-bond acceptors (Lipinski definition) is 2. The predicted molar refractivity (Wildman–Crippen MR) is 63.6 cm³/mol. The molecule has 4 heteroatoms. The predicted octanol–water partition coefficient (Wildman–Crippen LogP) is 3.04. The minimum absolute atomic E-state index is 0.884. The normalized spacial score (nSPS) is 10.6. The van der Waals surface area contributed by atoms with Gasteiger partial charge in [0.05, 0.1) is 10.2 Å². The topological polar surface area (TPSA) is 30.7 Å². The number of halogens is 1. The van der Waals surface area contributed by atoms with Gasteiger partial charge in [-0.1, -0.05) is 0 Å². The molecular formula is C11H12BrN3. The lowest BCUT2D eigenvalue weighted by atomic mass is 10.2. The van der Waals surface area contributed by atoms with Crippen molar-refractivity contribution >= 4 is 15.9 Å². The zero-order valence-corrected chi connectivity index (χ0v) is 10.3. The van der Waals surface area contributed by atoms with Crippen molar-refractivity contribution < 1.29 is 0 Å². The third-order valence-corrected chi connectivity index (χ3v) is 3.34. The van der Waals surface area contributed by atoms with E-state index in [1.807, 2.05) is 16.8 Å². The van der Waals surface area contributed by atoms with Crippen LogP contribution in [0.25, 0.3) is 11.3 Å². The van der Waals surface area contributed by atoms with Gasteiger partial charge >= 0.3 is 0 Å². The Kier molecular flexibility index (Phi) is 2.86. The van der Waals surface area contributed by atoms with Gasteiger partial charge in [-0.15, -0.1) is 0 Å². The van der Waals surface area contributed by atoms with Crippen molar-refractivity contribution in [3.8, 4) is 11.3 Å². The molecule has 0 aliphatic rings. The highest BCUT2D eigenvalue weighted by Gasteiger charge is 2.12. The molecule has 0 unspecified atom stereocenters. The molecule has 0 aliphatic heterocycles. The summed E-state index contributed by atoms with van der Waals surface area (Å²) in [5.41, 5.74) is 3.23. The van der Waals surface area contributed by atoms with Crippen molar-refractivity contribution in [2.24, 2.45) is 0 Å². The van der Waals surface area contributed by atoms with Gasteiger partial charge in [0.15, 0.2) is 0 Å². The highest BCUT2D eigenvalue weighted by molar-refractivity contribution is 9.10. The highest BCUT2D eigenvalue weighted by Crippen LogP contribution is 2.29.